The van der Waals surface area contributed by atoms with Gasteiger partial charge in [0.25, 0.3) is 0 Å². The van der Waals surface area contributed by atoms with Gasteiger partial charge in [0.05, 0.1) is 13.5 Å². The Morgan fingerprint density at radius 1 is 1.19 bits per heavy atom. The highest BCUT2D eigenvalue weighted by Crippen LogP contribution is 2.47. The summed E-state index contributed by atoms with van der Waals surface area (Å²) in [6.45, 7) is 0. The van der Waals surface area contributed by atoms with E-state index in [1.165, 1.54) is 0 Å². The summed E-state index contributed by atoms with van der Waals surface area (Å²) >= 11 is 0. The van der Waals surface area contributed by atoms with Crippen molar-refractivity contribution in [2.24, 2.45) is 0 Å². The van der Waals surface area contributed by atoms with Crippen molar-refractivity contribution in [2.45, 2.75) is 18.4 Å². The van der Waals surface area contributed by atoms with E-state index in [1.807, 2.05) is 48.5 Å². The van der Waals surface area contributed by atoms with Crippen LogP contribution in [0.1, 0.15) is 29.6 Å². The van der Waals surface area contributed by atoms with Gasteiger partial charge in [-0.1, -0.05) is 30.3 Å². The van der Waals surface area contributed by atoms with E-state index in [2.05, 4.69) is 0 Å². The number of rotatable bonds is 4. The Balaban J connectivity index is 1.95. The minimum absolute atomic E-state index is 0.0493. The van der Waals surface area contributed by atoms with Crippen molar-refractivity contribution in [3.05, 3.63) is 59.7 Å². The smallest absolute Gasteiger partial charge is 0.304 e. The Morgan fingerprint density at radius 3 is 2.57 bits per heavy atom. The second kappa shape index (κ2) is 5.48. The van der Waals surface area contributed by atoms with Crippen LogP contribution < -0.4 is 9.47 Å². The summed E-state index contributed by atoms with van der Waals surface area (Å²) in [5.74, 6) is 0.541. The number of aliphatic carboxylic acids is 1. The molecule has 1 heterocycles. The summed E-state index contributed by atoms with van der Waals surface area (Å²) in [5.41, 5.74) is 1.92. The van der Waals surface area contributed by atoms with E-state index >= 15 is 0 Å². The maximum absolute atomic E-state index is 11.2. The molecule has 0 aliphatic carbocycles. The third-order valence-corrected chi connectivity index (χ3v) is 3.78. The lowest BCUT2D eigenvalue weighted by molar-refractivity contribution is -0.137. The van der Waals surface area contributed by atoms with Gasteiger partial charge in [0.1, 0.15) is 17.6 Å². The fraction of sp³-hybridized carbons (Fsp3) is 0.235. The molecule has 21 heavy (non-hydrogen) atoms. The van der Waals surface area contributed by atoms with Crippen molar-refractivity contribution in [3.8, 4) is 11.5 Å². The highest BCUT2D eigenvalue weighted by atomic mass is 16.5. The molecule has 1 aliphatic rings. The van der Waals surface area contributed by atoms with Crippen molar-refractivity contribution in [1.82, 2.24) is 0 Å². The van der Waals surface area contributed by atoms with Crippen LogP contribution in [-0.4, -0.2) is 18.2 Å². The average Bonchev–Trinajstić information content (AvgIpc) is 2.86. The Kier molecular flexibility index (Phi) is 3.52. The maximum Gasteiger partial charge on any atom is 0.304 e. The Bertz CT molecular complexity index is 648. The summed E-state index contributed by atoms with van der Waals surface area (Å²) in [6, 6.07) is 15.2. The van der Waals surface area contributed by atoms with E-state index in [1.54, 1.807) is 7.11 Å². The quantitative estimate of drug-likeness (QED) is 0.935. The second-order valence-corrected chi connectivity index (χ2v) is 5.05. The van der Waals surface area contributed by atoms with Crippen LogP contribution in [-0.2, 0) is 4.79 Å². The molecule has 0 bridgehead atoms. The molecule has 0 saturated carbocycles. The molecule has 2 aromatic carbocycles. The highest BCUT2D eigenvalue weighted by Gasteiger charge is 2.36. The fourth-order valence-corrected chi connectivity index (χ4v) is 2.78. The molecule has 2 atom stereocenters. The van der Waals surface area contributed by atoms with Crippen molar-refractivity contribution < 1.29 is 19.4 Å². The monoisotopic (exact) mass is 284 g/mol. The largest absolute Gasteiger partial charge is 0.497 e. The summed E-state index contributed by atoms with van der Waals surface area (Å²) in [7, 11) is 1.62. The summed E-state index contributed by atoms with van der Waals surface area (Å²) in [6.07, 6.45) is -0.224. The van der Waals surface area contributed by atoms with E-state index in [4.69, 9.17) is 9.47 Å². The van der Waals surface area contributed by atoms with Crippen LogP contribution in [0.3, 0.4) is 0 Å². The van der Waals surface area contributed by atoms with Gasteiger partial charge in [-0.2, -0.15) is 0 Å². The third-order valence-electron chi connectivity index (χ3n) is 3.78. The zero-order valence-electron chi connectivity index (χ0n) is 11.7. The number of carbonyl (C=O) groups is 1. The zero-order chi connectivity index (χ0) is 14.8. The molecule has 0 saturated heterocycles. The van der Waals surface area contributed by atoms with Crippen molar-refractivity contribution in [2.75, 3.05) is 7.11 Å². The lowest BCUT2D eigenvalue weighted by Gasteiger charge is -2.18. The van der Waals surface area contributed by atoms with E-state index in [9.17, 15) is 9.90 Å². The second-order valence-electron chi connectivity index (χ2n) is 5.05. The molecule has 0 amide bonds. The normalized spacial score (nSPS) is 19.7. The summed E-state index contributed by atoms with van der Waals surface area (Å²) in [5, 5.41) is 9.17. The molecule has 4 heteroatoms. The van der Waals surface area contributed by atoms with Gasteiger partial charge in [0, 0.05) is 11.5 Å². The first-order chi connectivity index (χ1) is 10.2. The Hall–Kier alpha value is -2.49. The van der Waals surface area contributed by atoms with Gasteiger partial charge in [-0.05, 0) is 23.8 Å². The number of carboxylic acid groups (broad SMARTS) is 1. The predicted octanol–water partition coefficient (Wildman–Crippen LogP) is 3.39. The van der Waals surface area contributed by atoms with E-state index in [0.29, 0.717) is 0 Å². The first-order valence-electron chi connectivity index (χ1n) is 6.80. The molecule has 2 aromatic rings. The van der Waals surface area contributed by atoms with Crippen LogP contribution in [0.2, 0.25) is 0 Å². The van der Waals surface area contributed by atoms with Gasteiger partial charge in [-0.3, -0.25) is 4.79 Å². The Morgan fingerprint density at radius 2 is 1.90 bits per heavy atom. The number of carboxylic acids is 1. The first kappa shape index (κ1) is 13.5. The van der Waals surface area contributed by atoms with Gasteiger partial charge in [-0.15, -0.1) is 0 Å². The molecule has 0 unspecified atom stereocenters. The number of ether oxygens (including phenoxy) is 2. The molecule has 4 nitrogen and oxygen atoms in total. The minimum atomic E-state index is -0.821. The number of hydrogen-bond donors (Lipinski definition) is 1. The van der Waals surface area contributed by atoms with Crippen LogP contribution in [0.15, 0.2) is 48.5 Å². The van der Waals surface area contributed by atoms with Crippen LogP contribution in [0.5, 0.6) is 11.5 Å². The van der Waals surface area contributed by atoms with Crippen LogP contribution >= 0.6 is 0 Å². The van der Waals surface area contributed by atoms with Crippen molar-refractivity contribution in [1.29, 1.82) is 0 Å². The van der Waals surface area contributed by atoms with Gasteiger partial charge in [0.2, 0.25) is 0 Å². The Labute approximate surface area is 122 Å². The molecule has 0 radical (unpaired) electrons. The minimum Gasteiger partial charge on any atom is -0.497 e. The van der Waals surface area contributed by atoms with Gasteiger partial charge >= 0.3 is 5.97 Å². The molecular weight excluding hydrogens is 268 g/mol. The van der Waals surface area contributed by atoms with Gasteiger partial charge < -0.3 is 14.6 Å². The first-order valence-corrected chi connectivity index (χ1v) is 6.80. The van der Waals surface area contributed by atoms with Crippen LogP contribution in [0, 0.1) is 0 Å². The number of para-hydroxylation sites is 1. The van der Waals surface area contributed by atoms with E-state index in [0.717, 1.165) is 22.6 Å². The molecule has 1 aliphatic heterocycles. The molecule has 1 N–H and O–H groups in total. The molecule has 108 valence electrons. The molecular formula is C17H16O4. The van der Waals surface area contributed by atoms with Gasteiger partial charge in [0.15, 0.2) is 0 Å². The fourth-order valence-electron chi connectivity index (χ4n) is 2.78. The van der Waals surface area contributed by atoms with Crippen molar-refractivity contribution >= 4 is 5.97 Å². The van der Waals surface area contributed by atoms with Crippen molar-refractivity contribution in [3.63, 3.8) is 0 Å². The topological polar surface area (TPSA) is 55.8 Å². The van der Waals surface area contributed by atoms with Gasteiger partial charge in [-0.25, -0.2) is 0 Å². The van der Waals surface area contributed by atoms with E-state index in [-0.39, 0.29) is 18.4 Å². The SMILES string of the molecule is COc1ccc([C@H]2Oc3ccccc3[C@@H]2CC(=O)O)cc1. The highest BCUT2D eigenvalue weighted by molar-refractivity contribution is 5.69. The predicted molar refractivity (Wildman–Crippen MR) is 77.8 cm³/mol. The van der Waals surface area contributed by atoms with E-state index < -0.39 is 5.97 Å². The summed E-state index contributed by atoms with van der Waals surface area (Å²) in [4.78, 5) is 11.2. The lowest BCUT2D eigenvalue weighted by atomic mass is 9.88. The number of benzene rings is 2. The standard InChI is InChI=1S/C17H16O4/c1-20-12-8-6-11(7-9-12)17-14(10-16(18)19)13-4-2-3-5-15(13)21-17/h2-9,14,17H,10H2,1H3,(H,18,19)/t14-,17+/m0/s1. The number of hydrogen-bond acceptors (Lipinski definition) is 3. The lowest BCUT2D eigenvalue weighted by Crippen LogP contribution is -2.13. The maximum atomic E-state index is 11.2. The number of methoxy groups -OCH3 is 1. The van der Waals surface area contributed by atoms with Crippen LogP contribution in [0.4, 0.5) is 0 Å². The summed E-state index contributed by atoms with van der Waals surface area (Å²) < 4.78 is 11.1. The van der Waals surface area contributed by atoms with Crippen LogP contribution in [0.25, 0.3) is 0 Å². The zero-order valence-corrected chi connectivity index (χ0v) is 11.7. The molecule has 0 spiro atoms. The number of fused-ring (bicyclic) bond motifs is 1. The average molecular weight is 284 g/mol. The molecule has 0 aromatic heterocycles. The third kappa shape index (κ3) is 2.57. The molecule has 3 rings (SSSR count). The molecule has 0 fully saturated rings.